The molecule has 0 aromatic heterocycles. The van der Waals surface area contributed by atoms with Crippen molar-refractivity contribution in [2.24, 2.45) is 10.7 Å². The number of rotatable bonds is 2. The molecular weight excluding hydrogens is 128 g/mol. The zero-order chi connectivity index (χ0) is 7.40. The smallest absolute Gasteiger partial charge is 0.210 e. The quantitative estimate of drug-likeness (QED) is 0.612. The van der Waals surface area contributed by atoms with Crippen molar-refractivity contribution < 1.29 is 4.74 Å². The van der Waals surface area contributed by atoms with Crippen molar-refractivity contribution >= 4 is 5.90 Å². The maximum atomic E-state index is 5.55. The van der Waals surface area contributed by atoms with Gasteiger partial charge in [0.25, 0.3) is 0 Å². The minimum absolute atomic E-state index is 0.680. The molecule has 1 rings (SSSR count). The van der Waals surface area contributed by atoms with E-state index in [1.165, 1.54) is 0 Å². The van der Waals surface area contributed by atoms with Gasteiger partial charge >= 0.3 is 0 Å². The molecule has 2 N–H and O–H groups in total. The third kappa shape index (κ3) is 1.76. The first-order chi connectivity index (χ1) is 4.83. The minimum Gasteiger partial charge on any atom is -0.476 e. The number of nitrogens with zero attached hydrogens (tertiary/aromatic N) is 1. The van der Waals surface area contributed by atoms with Gasteiger partial charge in [0, 0.05) is 11.8 Å². The van der Waals surface area contributed by atoms with Crippen molar-refractivity contribution in [3.05, 3.63) is 11.8 Å². The standard InChI is InChI=1S/C7H12N2O/c1-2-6(8)5-7-9-3-4-10-7/h5H,2-4,8H2,1H3/b6-5+. The van der Waals surface area contributed by atoms with Gasteiger partial charge in [0.2, 0.25) is 5.90 Å². The number of ether oxygens (including phenoxy) is 1. The summed E-state index contributed by atoms with van der Waals surface area (Å²) in [4.78, 5) is 4.06. The van der Waals surface area contributed by atoms with Gasteiger partial charge in [-0.25, -0.2) is 4.99 Å². The van der Waals surface area contributed by atoms with Crippen LogP contribution in [0.2, 0.25) is 0 Å². The molecule has 0 fully saturated rings. The summed E-state index contributed by atoms with van der Waals surface area (Å²) < 4.78 is 5.12. The maximum absolute atomic E-state index is 5.55. The van der Waals surface area contributed by atoms with Gasteiger partial charge in [0.05, 0.1) is 6.54 Å². The Bertz CT molecular complexity index is 172. The second-order valence-corrected chi connectivity index (χ2v) is 2.14. The van der Waals surface area contributed by atoms with Crippen molar-refractivity contribution in [3.63, 3.8) is 0 Å². The second kappa shape index (κ2) is 3.25. The van der Waals surface area contributed by atoms with Crippen LogP contribution < -0.4 is 5.73 Å². The summed E-state index contributed by atoms with van der Waals surface area (Å²) in [5, 5.41) is 0. The van der Waals surface area contributed by atoms with Crippen molar-refractivity contribution in [2.45, 2.75) is 13.3 Å². The van der Waals surface area contributed by atoms with E-state index >= 15 is 0 Å². The SMILES string of the molecule is CC/C(N)=C\C1=NCCO1. The lowest BCUT2D eigenvalue weighted by Gasteiger charge is -1.95. The van der Waals surface area contributed by atoms with E-state index in [9.17, 15) is 0 Å². The molecule has 10 heavy (non-hydrogen) atoms. The zero-order valence-electron chi connectivity index (χ0n) is 6.13. The Morgan fingerprint density at radius 3 is 3.20 bits per heavy atom. The predicted molar refractivity (Wildman–Crippen MR) is 40.8 cm³/mol. The molecule has 0 saturated heterocycles. The topological polar surface area (TPSA) is 47.6 Å². The van der Waals surface area contributed by atoms with Crippen molar-refractivity contribution in [3.8, 4) is 0 Å². The number of hydrogen-bond donors (Lipinski definition) is 1. The fraction of sp³-hybridized carbons (Fsp3) is 0.571. The molecule has 0 aromatic carbocycles. The largest absolute Gasteiger partial charge is 0.476 e. The highest BCUT2D eigenvalue weighted by Gasteiger charge is 2.02. The lowest BCUT2D eigenvalue weighted by Crippen LogP contribution is -2.01. The van der Waals surface area contributed by atoms with E-state index in [0.717, 1.165) is 18.7 Å². The van der Waals surface area contributed by atoms with Crippen LogP contribution in [0.5, 0.6) is 0 Å². The fourth-order valence-corrected chi connectivity index (χ4v) is 0.700. The summed E-state index contributed by atoms with van der Waals surface area (Å²) in [6.07, 6.45) is 2.63. The van der Waals surface area contributed by atoms with E-state index in [-0.39, 0.29) is 0 Å². The van der Waals surface area contributed by atoms with Crippen LogP contribution in [-0.4, -0.2) is 19.0 Å². The molecule has 0 unspecified atom stereocenters. The van der Waals surface area contributed by atoms with Gasteiger partial charge in [-0.3, -0.25) is 0 Å². The Hall–Kier alpha value is -0.990. The van der Waals surface area contributed by atoms with Gasteiger partial charge in [-0.2, -0.15) is 0 Å². The summed E-state index contributed by atoms with van der Waals surface area (Å²) in [5.74, 6) is 0.680. The van der Waals surface area contributed by atoms with Crippen molar-refractivity contribution in [2.75, 3.05) is 13.2 Å². The summed E-state index contributed by atoms with van der Waals surface area (Å²) >= 11 is 0. The molecule has 1 aliphatic heterocycles. The van der Waals surface area contributed by atoms with E-state index in [4.69, 9.17) is 10.5 Å². The monoisotopic (exact) mass is 140 g/mol. The predicted octanol–water partition coefficient (Wildman–Crippen LogP) is 0.668. The third-order valence-corrected chi connectivity index (χ3v) is 1.33. The molecule has 0 spiro atoms. The van der Waals surface area contributed by atoms with Crippen LogP contribution in [-0.2, 0) is 4.74 Å². The van der Waals surface area contributed by atoms with Gasteiger partial charge < -0.3 is 10.5 Å². The normalized spacial score (nSPS) is 18.5. The van der Waals surface area contributed by atoms with Crippen LogP contribution >= 0.6 is 0 Å². The van der Waals surface area contributed by atoms with Gasteiger partial charge in [0.1, 0.15) is 6.61 Å². The van der Waals surface area contributed by atoms with E-state index in [2.05, 4.69) is 4.99 Å². The Balaban J connectivity index is 2.50. The highest BCUT2D eigenvalue weighted by Crippen LogP contribution is 1.98. The zero-order valence-corrected chi connectivity index (χ0v) is 6.13. The number of allylic oxidation sites excluding steroid dienone is 1. The molecule has 1 aliphatic rings. The Morgan fingerprint density at radius 1 is 1.90 bits per heavy atom. The van der Waals surface area contributed by atoms with Gasteiger partial charge in [0.15, 0.2) is 0 Å². The van der Waals surface area contributed by atoms with Crippen LogP contribution in [0.3, 0.4) is 0 Å². The van der Waals surface area contributed by atoms with Crippen LogP contribution in [0, 0.1) is 0 Å². The molecule has 1 heterocycles. The van der Waals surface area contributed by atoms with Gasteiger partial charge in [-0.1, -0.05) is 6.92 Å². The lowest BCUT2D eigenvalue weighted by atomic mass is 10.3. The molecule has 3 nitrogen and oxygen atoms in total. The first kappa shape index (κ1) is 7.12. The summed E-state index contributed by atoms with van der Waals surface area (Å²) in [6.45, 7) is 3.47. The van der Waals surface area contributed by atoms with Crippen molar-refractivity contribution in [1.29, 1.82) is 0 Å². The van der Waals surface area contributed by atoms with E-state index < -0.39 is 0 Å². The first-order valence-electron chi connectivity index (χ1n) is 3.46. The van der Waals surface area contributed by atoms with Gasteiger partial charge in [-0.05, 0) is 6.42 Å². The molecule has 56 valence electrons. The molecule has 0 amide bonds. The average molecular weight is 140 g/mol. The molecule has 3 heteroatoms. The summed E-state index contributed by atoms with van der Waals surface area (Å²) in [5.41, 5.74) is 6.37. The average Bonchev–Trinajstić information content (AvgIpc) is 2.40. The minimum atomic E-state index is 0.680. The van der Waals surface area contributed by atoms with Crippen molar-refractivity contribution in [1.82, 2.24) is 0 Å². The Kier molecular flexibility index (Phi) is 2.31. The summed E-state index contributed by atoms with van der Waals surface area (Å²) in [6, 6.07) is 0. The van der Waals surface area contributed by atoms with Crippen LogP contribution in [0.15, 0.2) is 16.8 Å². The Labute approximate surface area is 60.6 Å². The molecule has 0 atom stereocenters. The molecular formula is C7H12N2O. The first-order valence-corrected chi connectivity index (χ1v) is 3.46. The Morgan fingerprint density at radius 2 is 2.70 bits per heavy atom. The third-order valence-electron chi connectivity index (χ3n) is 1.33. The molecule has 0 aliphatic carbocycles. The van der Waals surface area contributed by atoms with Crippen LogP contribution in [0.25, 0.3) is 0 Å². The highest BCUT2D eigenvalue weighted by molar-refractivity contribution is 5.89. The number of nitrogens with two attached hydrogens (primary N) is 1. The molecule has 0 saturated carbocycles. The van der Waals surface area contributed by atoms with Crippen LogP contribution in [0.4, 0.5) is 0 Å². The summed E-state index contributed by atoms with van der Waals surface area (Å²) in [7, 11) is 0. The lowest BCUT2D eigenvalue weighted by molar-refractivity contribution is 0.349. The van der Waals surface area contributed by atoms with E-state index in [0.29, 0.717) is 12.5 Å². The molecule has 0 aromatic rings. The highest BCUT2D eigenvalue weighted by atomic mass is 16.5. The molecule has 0 bridgehead atoms. The molecule has 0 radical (unpaired) electrons. The van der Waals surface area contributed by atoms with Crippen LogP contribution in [0.1, 0.15) is 13.3 Å². The fourth-order valence-electron chi connectivity index (χ4n) is 0.700. The number of hydrogen-bond acceptors (Lipinski definition) is 3. The number of aliphatic imine (C=N–C) groups is 1. The van der Waals surface area contributed by atoms with E-state index in [1.807, 2.05) is 6.92 Å². The van der Waals surface area contributed by atoms with E-state index in [1.54, 1.807) is 6.08 Å². The maximum Gasteiger partial charge on any atom is 0.210 e. The second-order valence-electron chi connectivity index (χ2n) is 2.14. The van der Waals surface area contributed by atoms with Gasteiger partial charge in [-0.15, -0.1) is 0 Å².